The molecule has 0 saturated carbocycles. The monoisotopic (exact) mass is 712 g/mol. The number of aryl methyl sites for hydroxylation is 4. The lowest BCUT2D eigenvalue weighted by Gasteiger charge is -2.19. The van der Waals surface area contributed by atoms with Gasteiger partial charge in [-0.05, 0) is 142 Å². The molecule has 0 bridgehead atoms. The van der Waals surface area contributed by atoms with Crippen molar-refractivity contribution in [2.45, 2.75) is 132 Å². The van der Waals surface area contributed by atoms with Crippen molar-refractivity contribution >= 4 is 34.8 Å². The predicted octanol–water partition coefficient (Wildman–Crippen LogP) is 15.3. The molecule has 0 aliphatic heterocycles. The van der Waals surface area contributed by atoms with E-state index in [0.29, 0.717) is 0 Å². The fourth-order valence-electron chi connectivity index (χ4n) is 4.68. The first-order valence-electron chi connectivity index (χ1n) is 16.7. The van der Waals surface area contributed by atoms with Crippen LogP contribution in [0.3, 0.4) is 0 Å². The van der Waals surface area contributed by atoms with Crippen molar-refractivity contribution in [2.24, 2.45) is 0 Å². The zero-order valence-electron chi connectivity index (χ0n) is 32.4. The third-order valence-corrected chi connectivity index (χ3v) is 8.29. The van der Waals surface area contributed by atoms with E-state index in [9.17, 15) is 4.39 Å². The molecule has 0 radical (unpaired) electrons. The molecule has 0 N–H and O–H groups in total. The lowest BCUT2D eigenvalue weighted by Crippen LogP contribution is -2.11. The molecule has 4 heteroatoms. The molecule has 4 rings (SSSR count). The summed E-state index contributed by atoms with van der Waals surface area (Å²) in [6.07, 6.45) is 0. The van der Waals surface area contributed by atoms with Gasteiger partial charge in [0.1, 0.15) is 5.82 Å². The van der Waals surface area contributed by atoms with Crippen LogP contribution in [-0.2, 0) is 21.7 Å². The van der Waals surface area contributed by atoms with Gasteiger partial charge in [-0.25, -0.2) is 4.39 Å². The smallest absolute Gasteiger partial charge is 0.123 e. The van der Waals surface area contributed by atoms with E-state index in [0.717, 1.165) is 26.2 Å². The highest BCUT2D eigenvalue weighted by Crippen LogP contribution is 2.28. The molecule has 0 aliphatic carbocycles. The van der Waals surface area contributed by atoms with Crippen LogP contribution in [0.25, 0.3) is 0 Å². The maximum atomic E-state index is 13.0. The summed E-state index contributed by atoms with van der Waals surface area (Å²) in [4.78, 5) is 0. The van der Waals surface area contributed by atoms with Crippen molar-refractivity contribution in [3.63, 3.8) is 0 Å². The van der Waals surface area contributed by atoms with Gasteiger partial charge in [0.2, 0.25) is 0 Å². The Balaban J connectivity index is 0.000000320. The predicted molar refractivity (Wildman–Crippen MR) is 215 cm³/mol. The average Bonchev–Trinajstić information content (AvgIpc) is 2.86. The van der Waals surface area contributed by atoms with Gasteiger partial charge in [0.15, 0.2) is 0 Å². The molecular formula is C44H60Cl3F. The largest absolute Gasteiger partial charge is 0.207 e. The molecule has 264 valence electrons. The Bertz CT molecular complexity index is 1290. The summed E-state index contributed by atoms with van der Waals surface area (Å²) < 4.78 is 13.0. The van der Waals surface area contributed by atoms with E-state index in [-0.39, 0.29) is 27.5 Å². The molecule has 0 saturated heterocycles. The number of halogens is 4. The van der Waals surface area contributed by atoms with Gasteiger partial charge < -0.3 is 0 Å². The number of benzene rings is 4. The summed E-state index contributed by atoms with van der Waals surface area (Å²) in [6.45, 7) is 34.1. The van der Waals surface area contributed by atoms with Crippen LogP contribution >= 0.6 is 34.8 Å². The van der Waals surface area contributed by atoms with E-state index < -0.39 is 0 Å². The average molecular weight is 714 g/mol. The quantitative estimate of drug-likeness (QED) is 0.170. The zero-order chi connectivity index (χ0) is 37.4. The Morgan fingerprint density at radius 1 is 0.333 bits per heavy atom. The molecule has 0 atom stereocenters. The second kappa shape index (κ2) is 17.6. The Hall–Kier alpha value is -2.32. The molecule has 4 aromatic rings. The normalized spacial score (nSPS) is 11.8. The summed E-state index contributed by atoms with van der Waals surface area (Å²) in [5.74, 6) is -0.139. The number of hydrogen-bond acceptors (Lipinski definition) is 0. The van der Waals surface area contributed by atoms with Crippen LogP contribution in [0.4, 0.5) is 4.39 Å². The van der Waals surface area contributed by atoms with Gasteiger partial charge in [-0.15, -0.1) is 0 Å². The molecule has 0 nitrogen and oxygen atoms in total. The standard InChI is InChI=1S/3C11H15Cl.C11H15F/c4*1-8-5-9(11(2,3)4)7-10(12)6-8/h4*5-7H,1-4H3. The van der Waals surface area contributed by atoms with Crippen LogP contribution in [0.2, 0.25) is 15.1 Å². The van der Waals surface area contributed by atoms with Crippen LogP contribution < -0.4 is 0 Å². The Morgan fingerprint density at radius 2 is 0.542 bits per heavy atom. The van der Waals surface area contributed by atoms with Gasteiger partial charge in [0.25, 0.3) is 0 Å². The molecule has 0 spiro atoms. The lowest BCUT2D eigenvalue weighted by molar-refractivity contribution is 0.571. The molecule has 4 aromatic carbocycles. The molecule has 48 heavy (non-hydrogen) atoms. The highest BCUT2D eigenvalue weighted by molar-refractivity contribution is 6.31. The fourth-order valence-corrected chi connectivity index (χ4v) is 5.55. The second-order valence-corrected chi connectivity index (χ2v) is 18.4. The van der Waals surface area contributed by atoms with Gasteiger partial charge in [0.05, 0.1) is 0 Å². The lowest BCUT2D eigenvalue weighted by atomic mass is 9.86. The van der Waals surface area contributed by atoms with Crippen molar-refractivity contribution in [2.75, 3.05) is 0 Å². The van der Waals surface area contributed by atoms with Crippen molar-refractivity contribution in [3.05, 3.63) is 138 Å². The van der Waals surface area contributed by atoms with Crippen molar-refractivity contribution in [1.29, 1.82) is 0 Å². The summed E-state index contributed by atoms with van der Waals surface area (Å²) >= 11 is 17.9. The van der Waals surface area contributed by atoms with E-state index in [4.69, 9.17) is 34.8 Å². The van der Waals surface area contributed by atoms with Crippen LogP contribution in [-0.4, -0.2) is 0 Å². The van der Waals surface area contributed by atoms with Gasteiger partial charge in [-0.3, -0.25) is 0 Å². The topological polar surface area (TPSA) is 0 Å². The molecule has 0 amide bonds. The molecule has 0 aliphatic rings. The van der Waals surface area contributed by atoms with E-state index in [1.165, 1.54) is 33.4 Å². The first-order valence-corrected chi connectivity index (χ1v) is 17.8. The zero-order valence-corrected chi connectivity index (χ0v) is 34.7. The molecule has 0 unspecified atom stereocenters. The van der Waals surface area contributed by atoms with Gasteiger partial charge in [0, 0.05) is 15.1 Å². The van der Waals surface area contributed by atoms with E-state index >= 15 is 0 Å². The van der Waals surface area contributed by atoms with Gasteiger partial charge in [-0.1, -0.05) is 142 Å². The third-order valence-electron chi connectivity index (χ3n) is 7.63. The third kappa shape index (κ3) is 16.4. The number of rotatable bonds is 0. The summed E-state index contributed by atoms with van der Waals surface area (Å²) in [5.41, 5.74) is 10.2. The van der Waals surface area contributed by atoms with Crippen molar-refractivity contribution in [3.8, 4) is 0 Å². The maximum Gasteiger partial charge on any atom is 0.123 e. The van der Waals surface area contributed by atoms with E-state index in [1.807, 2.05) is 49.4 Å². The SMILES string of the molecule is Cc1cc(Cl)cc(C(C)(C)C)c1.Cc1cc(Cl)cc(C(C)(C)C)c1.Cc1cc(Cl)cc(C(C)(C)C)c1.Cc1cc(F)cc(C(C)(C)C)c1. The first-order chi connectivity index (χ1) is 21.6. The van der Waals surface area contributed by atoms with E-state index in [1.54, 1.807) is 12.1 Å². The van der Waals surface area contributed by atoms with Crippen LogP contribution in [0.15, 0.2) is 72.8 Å². The summed E-state index contributed by atoms with van der Waals surface area (Å²) in [6, 6.07) is 23.8. The van der Waals surface area contributed by atoms with E-state index in [2.05, 4.69) is 122 Å². The molecule has 0 heterocycles. The van der Waals surface area contributed by atoms with Gasteiger partial charge in [-0.2, -0.15) is 0 Å². The summed E-state index contributed by atoms with van der Waals surface area (Å²) in [7, 11) is 0. The fraction of sp³-hybridized carbons (Fsp3) is 0.455. The highest BCUT2D eigenvalue weighted by Gasteiger charge is 2.16. The Labute approximate surface area is 308 Å². The molecule has 0 fully saturated rings. The minimum absolute atomic E-state index is 0.0346. The maximum absolute atomic E-state index is 13.0. The Kier molecular flexibility index (Phi) is 16.0. The minimum Gasteiger partial charge on any atom is -0.207 e. The van der Waals surface area contributed by atoms with Crippen molar-refractivity contribution < 1.29 is 4.39 Å². The summed E-state index contributed by atoms with van der Waals surface area (Å²) in [5, 5.41) is 2.50. The molecular weight excluding hydrogens is 654 g/mol. The van der Waals surface area contributed by atoms with Crippen LogP contribution in [0.5, 0.6) is 0 Å². The second-order valence-electron chi connectivity index (χ2n) is 17.1. The molecule has 0 aromatic heterocycles. The van der Waals surface area contributed by atoms with Crippen molar-refractivity contribution in [1.82, 2.24) is 0 Å². The Morgan fingerprint density at radius 3 is 0.729 bits per heavy atom. The first kappa shape index (κ1) is 43.7. The highest BCUT2D eigenvalue weighted by atomic mass is 35.5. The number of hydrogen-bond donors (Lipinski definition) is 0. The van der Waals surface area contributed by atoms with Crippen LogP contribution in [0, 0.1) is 33.5 Å². The minimum atomic E-state index is -0.139. The van der Waals surface area contributed by atoms with Crippen LogP contribution in [0.1, 0.15) is 128 Å². The van der Waals surface area contributed by atoms with Gasteiger partial charge >= 0.3 is 0 Å².